The van der Waals surface area contributed by atoms with Crippen LogP contribution in [0.4, 0.5) is 13.2 Å². The Balaban J connectivity index is 1.99. The molecule has 0 spiro atoms. The maximum Gasteiger partial charge on any atom is 0.421 e. The van der Waals surface area contributed by atoms with Crippen LogP contribution in [-0.4, -0.2) is 48.1 Å². The first-order chi connectivity index (χ1) is 11.5. The van der Waals surface area contributed by atoms with Crippen LogP contribution in [0.15, 0.2) is 18.3 Å². The van der Waals surface area contributed by atoms with Gasteiger partial charge in [0.1, 0.15) is 12.2 Å². The average Bonchev–Trinajstić information content (AvgIpc) is 2.82. The van der Waals surface area contributed by atoms with E-state index in [1.807, 2.05) is 7.05 Å². The highest BCUT2D eigenvalue weighted by atomic mass is 19.4. The second-order valence-electron chi connectivity index (χ2n) is 7.22. The number of aromatic nitrogens is 1. The molecule has 0 radical (unpaired) electrons. The van der Waals surface area contributed by atoms with Crippen LogP contribution >= 0.6 is 0 Å². The lowest BCUT2D eigenvalue weighted by Gasteiger charge is -2.26. The molecular formula is C17H24F3N3O2. The van der Waals surface area contributed by atoms with Gasteiger partial charge in [0.15, 0.2) is 0 Å². The third-order valence-electron chi connectivity index (χ3n) is 4.48. The Labute approximate surface area is 145 Å². The number of ether oxygens (including phenoxy) is 1. The van der Waals surface area contributed by atoms with E-state index in [4.69, 9.17) is 4.74 Å². The number of pyridine rings is 1. The van der Waals surface area contributed by atoms with E-state index in [1.54, 1.807) is 13.8 Å². The molecule has 0 bridgehead atoms. The van der Waals surface area contributed by atoms with Crippen molar-refractivity contribution in [1.82, 2.24) is 15.2 Å². The maximum atomic E-state index is 13.0. The van der Waals surface area contributed by atoms with Crippen LogP contribution < -0.4 is 10.1 Å². The summed E-state index contributed by atoms with van der Waals surface area (Å²) in [5.74, 6) is -0.755. The number of halogens is 3. The molecule has 0 aromatic carbocycles. The Bertz CT molecular complexity index is 609. The highest BCUT2D eigenvalue weighted by Gasteiger charge is 2.37. The summed E-state index contributed by atoms with van der Waals surface area (Å²) >= 11 is 0. The zero-order valence-electron chi connectivity index (χ0n) is 14.9. The fourth-order valence-corrected chi connectivity index (χ4v) is 2.72. The molecule has 8 heteroatoms. The van der Waals surface area contributed by atoms with Crippen LogP contribution in [0, 0.1) is 5.41 Å². The summed E-state index contributed by atoms with van der Waals surface area (Å²) in [6.07, 6.45) is -2.48. The fourth-order valence-electron chi connectivity index (χ4n) is 2.72. The Morgan fingerprint density at radius 3 is 2.68 bits per heavy atom. The van der Waals surface area contributed by atoms with Gasteiger partial charge >= 0.3 is 6.18 Å². The molecule has 140 valence electrons. The third kappa shape index (κ3) is 4.84. The summed E-state index contributed by atoms with van der Waals surface area (Å²) in [6.45, 7) is 5.92. The largest absolute Gasteiger partial charge is 0.476 e. The highest BCUT2D eigenvalue weighted by Crippen LogP contribution is 2.35. The second kappa shape index (κ2) is 7.19. The molecule has 2 rings (SSSR count). The van der Waals surface area contributed by atoms with Crippen molar-refractivity contribution in [2.45, 2.75) is 45.5 Å². The molecule has 2 heterocycles. The Hall–Kier alpha value is -1.83. The van der Waals surface area contributed by atoms with Crippen LogP contribution in [0.2, 0.25) is 0 Å². The Kier molecular flexibility index (Phi) is 5.61. The third-order valence-corrected chi connectivity index (χ3v) is 4.48. The van der Waals surface area contributed by atoms with Gasteiger partial charge in [-0.25, -0.2) is 4.98 Å². The molecule has 1 amide bonds. The van der Waals surface area contributed by atoms with Gasteiger partial charge in [-0.1, -0.05) is 0 Å². The first-order valence-corrected chi connectivity index (χ1v) is 8.17. The van der Waals surface area contributed by atoms with Gasteiger partial charge < -0.3 is 15.0 Å². The fraction of sp³-hybridized carbons (Fsp3) is 0.647. The minimum absolute atomic E-state index is 0.0346. The number of rotatable bonds is 5. The number of hydrogen-bond acceptors (Lipinski definition) is 4. The van der Waals surface area contributed by atoms with Crippen molar-refractivity contribution in [3.63, 3.8) is 0 Å². The van der Waals surface area contributed by atoms with E-state index < -0.39 is 23.0 Å². The number of amides is 1. The topological polar surface area (TPSA) is 54.5 Å². The smallest absolute Gasteiger partial charge is 0.421 e. The van der Waals surface area contributed by atoms with E-state index in [9.17, 15) is 18.0 Å². The number of nitrogens with one attached hydrogen (secondary N) is 1. The molecule has 2 atom stereocenters. The normalized spacial score (nSPS) is 22.0. The molecule has 1 aromatic heterocycles. The lowest BCUT2D eigenvalue weighted by atomic mass is 9.93. The zero-order chi connectivity index (χ0) is 18.8. The number of carbonyl (C=O) groups excluding carboxylic acids is 1. The minimum Gasteiger partial charge on any atom is -0.476 e. The van der Waals surface area contributed by atoms with Gasteiger partial charge in [0.2, 0.25) is 11.8 Å². The van der Waals surface area contributed by atoms with E-state index >= 15 is 0 Å². The summed E-state index contributed by atoms with van der Waals surface area (Å²) in [5.41, 5.74) is -1.93. The number of hydrogen-bond donors (Lipinski definition) is 1. The lowest BCUT2D eigenvalue weighted by molar-refractivity contribution is -0.139. The van der Waals surface area contributed by atoms with Crippen molar-refractivity contribution < 1.29 is 22.7 Å². The SMILES string of the molecule is C[C@@H]1C[C@@H](NC(=O)C(C)(C)COc2ncccc2C(F)(F)F)CN1C. The molecule has 5 nitrogen and oxygen atoms in total. The van der Waals surface area contributed by atoms with Crippen molar-refractivity contribution in [3.8, 4) is 5.88 Å². The molecule has 0 unspecified atom stereocenters. The average molecular weight is 359 g/mol. The molecule has 25 heavy (non-hydrogen) atoms. The van der Waals surface area contributed by atoms with Crippen LogP contribution in [0.1, 0.15) is 32.8 Å². The molecular weight excluding hydrogens is 335 g/mol. The first-order valence-electron chi connectivity index (χ1n) is 8.17. The number of nitrogens with zero attached hydrogens (tertiary/aromatic N) is 2. The molecule has 1 saturated heterocycles. The zero-order valence-corrected chi connectivity index (χ0v) is 14.9. The van der Waals surface area contributed by atoms with Crippen LogP contribution in [-0.2, 0) is 11.0 Å². The Morgan fingerprint density at radius 1 is 1.44 bits per heavy atom. The summed E-state index contributed by atoms with van der Waals surface area (Å²) in [6, 6.07) is 2.52. The summed E-state index contributed by atoms with van der Waals surface area (Å²) < 4.78 is 44.2. The van der Waals surface area contributed by atoms with E-state index in [1.165, 1.54) is 12.3 Å². The van der Waals surface area contributed by atoms with Crippen LogP contribution in [0.5, 0.6) is 5.88 Å². The van der Waals surface area contributed by atoms with Crippen molar-refractivity contribution in [2.75, 3.05) is 20.2 Å². The van der Waals surface area contributed by atoms with Gasteiger partial charge in [0.05, 0.1) is 5.41 Å². The minimum atomic E-state index is -4.55. The van der Waals surface area contributed by atoms with Crippen molar-refractivity contribution >= 4 is 5.91 Å². The highest BCUT2D eigenvalue weighted by molar-refractivity contribution is 5.82. The van der Waals surface area contributed by atoms with Gasteiger partial charge in [0.25, 0.3) is 0 Å². The molecule has 1 N–H and O–H groups in total. The quantitative estimate of drug-likeness (QED) is 0.878. The van der Waals surface area contributed by atoms with E-state index in [2.05, 4.69) is 22.1 Å². The number of alkyl halides is 3. The lowest BCUT2D eigenvalue weighted by Crippen LogP contribution is -2.46. The van der Waals surface area contributed by atoms with Gasteiger partial charge in [-0.05, 0) is 46.4 Å². The van der Waals surface area contributed by atoms with Gasteiger partial charge in [-0.3, -0.25) is 4.79 Å². The summed E-state index contributed by atoms with van der Waals surface area (Å²) in [4.78, 5) is 18.3. The molecule has 1 aromatic rings. The summed E-state index contributed by atoms with van der Waals surface area (Å²) in [5, 5.41) is 2.96. The predicted octanol–water partition coefficient (Wildman–Crippen LogP) is 2.71. The van der Waals surface area contributed by atoms with Gasteiger partial charge in [0, 0.05) is 24.8 Å². The molecule has 1 aliphatic heterocycles. The molecule has 0 aliphatic carbocycles. The van der Waals surface area contributed by atoms with Crippen molar-refractivity contribution in [2.24, 2.45) is 5.41 Å². The number of likely N-dealkylation sites (tertiary alicyclic amines) is 1. The molecule has 1 fully saturated rings. The number of carbonyl (C=O) groups is 1. The van der Waals surface area contributed by atoms with E-state index in [0.717, 1.165) is 19.0 Å². The van der Waals surface area contributed by atoms with Crippen molar-refractivity contribution in [1.29, 1.82) is 0 Å². The predicted molar refractivity (Wildman–Crippen MR) is 87.2 cm³/mol. The summed E-state index contributed by atoms with van der Waals surface area (Å²) in [7, 11) is 1.99. The van der Waals surface area contributed by atoms with E-state index in [0.29, 0.717) is 6.04 Å². The van der Waals surface area contributed by atoms with Gasteiger partial charge in [-0.15, -0.1) is 0 Å². The standard InChI is InChI=1S/C17H24F3N3O2/c1-11-8-12(9-23(11)4)22-15(24)16(2,3)10-25-14-13(17(18,19)20)6-5-7-21-14/h5-7,11-12H,8-10H2,1-4H3,(H,22,24)/t11-,12-/m1/s1. The first kappa shape index (κ1) is 19.5. The Morgan fingerprint density at radius 2 is 2.12 bits per heavy atom. The van der Waals surface area contributed by atoms with Crippen LogP contribution in [0.3, 0.4) is 0 Å². The van der Waals surface area contributed by atoms with Crippen LogP contribution in [0.25, 0.3) is 0 Å². The molecule has 0 saturated carbocycles. The maximum absolute atomic E-state index is 13.0. The second-order valence-corrected chi connectivity index (χ2v) is 7.22. The van der Waals surface area contributed by atoms with Crippen molar-refractivity contribution in [3.05, 3.63) is 23.9 Å². The van der Waals surface area contributed by atoms with Gasteiger partial charge in [-0.2, -0.15) is 13.2 Å². The number of likely N-dealkylation sites (N-methyl/N-ethyl adjacent to an activating group) is 1. The molecule has 1 aliphatic rings. The van der Waals surface area contributed by atoms with E-state index in [-0.39, 0.29) is 18.6 Å². The monoisotopic (exact) mass is 359 g/mol.